The molecule has 5 heteroatoms. The molecule has 1 fully saturated rings. The van der Waals surface area contributed by atoms with Crippen molar-refractivity contribution in [1.29, 1.82) is 0 Å². The minimum Gasteiger partial charge on any atom is -0.444 e. The van der Waals surface area contributed by atoms with Gasteiger partial charge in [0.25, 0.3) is 0 Å². The van der Waals surface area contributed by atoms with Gasteiger partial charge in [-0.25, -0.2) is 14.8 Å². The van der Waals surface area contributed by atoms with Gasteiger partial charge in [0.2, 0.25) is 0 Å². The fraction of sp³-hybridized carbons (Fsp3) is 0.533. The molecule has 0 spiro atoms. The number of hydrogen-bond acceptors (Lipinski definition) is 4. The molecule has 20 heavy (non-hydrogen) atoms. The summed E-state index contributed by atoms with van der Waals surface area (Å²) in [6.45, 7) is 6.39. The van der Waals surface area contributed by atoms with Gasteiger partial charge < -0.3 is 9.64 Å². The Bertz CT molecular complexity index is 480. The van der Waals surface area contributed by atoms with Gasteiger partial charge in [-0.05, 0) is 33.6 Å². The van der Waals surface area contributed by atoms with Crippen molar-refractivity contribution < 1.29 is 9.53 Å². The van der Waals surface area contributed by atoms with E-state index in [0.29, 0.717) is 0 Å². The van der Waals surface area contributed by atoms with Gasteiger partial charge >= 0.3 is 6.09 Å². The number of carbonyl (C=O) groups excluding carboxylic acids is 1. The van der Waals surface area contributed by atoms with E-state index in [1.807, 2.05) is 32.9 Å². The number of aromatic nitrogens is 2. The Hall–Kier alpha value is -1.91. The van der Waals surface area contributed by atoms with Crippen LogP contribution in [0.5, 0.6) is 0 Å². The van der Waals surface area contributed by atoms with Crippen LogP contribution >= 0.6 is 0 Å². The van der Waals surface area contributed by atoms with E-state index in [1.54, 1.807) is 17.3 Å². The number of nitrogens with zero attached hydrogens (tertiary/aromatic N) is 3. The molecule has 1 aliphatic rings. The second kappa shape index (κ2) is 6.03. The summed E-state index contributed by atoms with van der Waals surface area (Å²) in [7, 11) is 0. The van der Waals surface area contributed by atoms with E-state index in [0.717, 1.165) is 24.9 Å². The summed E-state index contributed by atoms with van der Waals surface area (Å²) < 4.78 is 5.43. The maximum atomic E-state index is 12.1. The van der Waals surface area contributed by atoms with Crippen molar-refractivity contribution >= 4 is 12.2 Å². The van der Waals surface area contributed by atoms with E-state index in [-0.39, 0.29) is 12.1 Å². The number of rotatable bonds is 2. The van der Waals surface area contributed by atoms with Crippen molar-refractivity contribution in [2.45, 2.75) is 45.3 Å². The maximum absolute atomic E-state index is 12.1. The molecule has 0 aliphatic carbocycles. The predicted octanol–water partition coefficient (Wildman–Crippen LogP) is 2.89. The molecule has 0 bridgehead atoms. The Morgan fingerprint density at radius 2 is 2.10 bits per heavy atom. The third kappa shape index (κ3) is 4.05. The van der Waals surface area contributed by atoms with E-state index < -0.39 is 5.60 Å². The van der Waals surface area contributed by atoms with E-state index in [1.165, 1.54) is 6.33 Å². The lowest BCUT2D eigenvalue weighted by Crippen LogP contribution is -2.39. The minimum absolute atomic E-state index is 0.0880. The molecule has 0 aromatic carbocycles. The number of hydrogen-bond donors (Lipinski definition) is 0. The van der Waals surface area contributed by atoms with E-state index in [4.69, 9.17) is 4.74 Å². The molecule has 1 aliphatic heterocycles. The van der Waals surface area contributed by atoms with E-state index >= 15 is 0 Å². The van der Waals surface area contributed by atoms with Crippen LogP contribution in [0.15, 0.2) is 24.8 Å². The summed E-state index contributed by atoms with van der Waals surface area (Å²) in [4.78, 5) is 21.8. The molecule has 1 saturated heterocycles. The second-order valence-corrected chi connectivity index (χ2v) is 5.91. The van der Waals surface area contributed by atoms with E-state index in [2.05, 4.69) is 9.97 Å². The van der Waals surface area contributed by atoms with Crippen molar-refractivity contribution in [1.82, 2.24) is 14.9 Å². The van der Waals surface area contributed by atoms with Crippen molar-refractivity contribution in [3.8, 4) is 0 Å². The second-order valence-electron chi connectivity index (χ2n) is 5.91. The topological polar surface area (TPSA) is 55.3 Å². The smallest absolute Gasteiger partial charge is 0.410 e. The average Bonchev–Trinajstić information content (AvgIpc) is 2.84. The maximum Gasteiger partial charge on any atom is 0.410 e. The lowest BCUT2D eigenvalue weighted by Gasteiger charge is -2.27. The lowest BCUT2D eigenvalue weighted by atomic mass is 10.2. The zero-order valence-corrected chi connectivity index (χ0v) is 12.2. The first-order valence-electron chi connectivity index (χ1n) is 6.88. The monoisotopic (exact) mass is 275 g/mol. The van der Waals surface area contributed by atoms with Crippen molar-refractivity contribution in [3.63, 3.8) is 0 Å². The lowest BCUT2D eigenvalue weighted by molar-refractivity contribution is 0.0256. The highest BCUT2D eigenvalue weighted by atomic mass is 16.6. The van der Waals surface area contributed by atoms with Crippen LogP contribution in [0.4, 0.5) is 4.79 Å². The Morgan fingerprint density at radius 1 is 1.40 bits per heavy atom. The van der Waals surface area contributed by atoms with Gasteiger partial charge in [-0.1, -0.05) is 12.2 Å². The summed E-state index contributed by atoms with van der Waals surface area (Å²) in [5.74, 6) is 0. The van der Waals surface area contributed by atoms with E-state index in [9.17, 15) is 4.79 Å². The van der Waals surface area contributed by atoms with Gasteiger partial charge in [-0.2, -0.15) is 0 Å². The number of carbonyl (C=O) groups is 1. The van der Waals surface area contributed by atoms with Gasteiger partial charge in [0.1, 0.15) is 11.9 Å². The molecule has 0 N–H and O–H groups in total. The minimum atomic E-state index is -0.457. The summed E-state index contributed by atoms with van der Waals surface area (Å²) in [5, 5.41) is 0. The van der Waals surface area contributed by atoms with Crippen molar-refractivity contribution in [3.05, 3.63) is 30.4 Å². The fourth-order valence-electron chi connectivity index (χ4n) is 2.16. The predicted molar refractivity (Wildman–Crippen MR) is 77.0 cm³/mol. The molecule has 5 nitrogen and oxygen atoms in total. The molecule has 1 aromatic rings. The first-order valence-corrected chi connectivity index (χ1v) is 6.88. The zero-order valence-electron chi connectivity index (χ0n) is 12.2. The highest BCUT2D eigenvalue weighted by Crippen LogP contribution is 2.22. The molecule has 2 rings (SSSR count). The highest BCUT2D eigenvalue weighted by molar-refractivity contribution is 5.69. The standard InChI is InChI=1S/C15H21N3O2/c1-15(2,3)20-14(19)18-8-4-5-13(18)7-6-12-9-16-11-17-10-12/h6-7,9-11,13H,4-5,8H2,1-3H3/b7-6+. The SMILES string of the molecule is CC(C)(C)OC(=O)N1CCCC1/C=C/c1cncnc1. The first kappa shape index (κ1) is 14.5. The van der Waals surface area contributed by atoms with Crippen LogP contribution in [0.3, 0.4) is 0 Å². The number of likely N-dealkylation sites (tertiary alicyclic amines) is 1. The molecule has 1 atom stereocenters. The normalized spacial score (nSPS) is 19.6. The third-order valence-electron chi connectivity index (χ3n) is 3.02. The van der Waals surface area contributed by atoms with Crippen LogP contribution in [-0.2, 0) is 4.74 Å². The summed E-state index contributed by atoms with van der Waals surface area (Å²) in [6.07, 6.45) is 10.7. The summed E-state index contributed by atoms with van der Waals surface area (Å²) in [6, 6.07) is 0.0880. The highest BCUT2D eigenvalue weighted by Gasteiger charge is 2.30. The van der Waals surface area contributed by atoms with Crippen LogP contribution in [0.25, 0.3) is 6.08 Å². The molecular weight excluding hydrogens is 254 g/mol. The Kier molecular flexibility index (Phi) is 4.37. The quantitative estimate of drug-likeness (QED) is 0.832. The first-order chi connectivity index (χ1) is 9.46. The third-order valence-corrected chi connectivity index (χ3v) is 3.02. The fourth-order valence-corrected chi connectivity index (χ4v) is 2.16. The molecule has 0 radical (unpaired) electrons. The largest absolute Gasteiger partial charge is 0.444 e. The summed E-state index contributed by atoms with van der Waals surface area (Å²) in [5.41, 5.74) is 0.477. The molecule has 0 saturated carbocycles. The number of ether oxygens (including phenoxy) is 1. The van der Waals surface area contributed by atoms with Gasteiger partial charge in [-0.15, -0.1) is 0 Å². The van der Waals surface area contributed by atoms with Gasteiger partial charge in [0.15, 0.2) is 0 Å². The Balaban J connectivity index is 2.01. The van der Waals surface area contributed by atoms with Crippen molar-refractivity contribution in [2.75, 3.05) is 6.54 Å². The molecule has 1 amide bonds. The van der Waals surface area contributed by atoms with Crippen LogP contribution in [0, 0.1) is 0 Å². The molecule has 1 unspecified atom stereocenters. The summed E-state index contributed by atoms with van der Waals surface area (Å²) >= 11 is 0. The van der Waals surface area contributed by atoms with Gasteiger partial charge in [0, 0.05) is 24.5 Å². The molecule has 1 aromatic heterocycles. The number of amides is 1. The molecule has 108 valence electrons. The van der Waals surface area contributed by atoms with Gasteiger partial charge in [-0.3, -0.25) is 0 Å². The zero-order chi connectivity index (χ0) is 14.6. The Labute approximate surface area is 119 Å². The van der Waals surface area contributed by atoms with Crippen LogP contribution in [0.1, 0.15) is 39.2 Å². The van der Waals surface area contributed by atoms with Gasteiger partial charge in [0.05, 0.1) is 6.04 Å². The molecular formula is C15H21N3O2. The van der Waals surface area contributed by atoms with Crippen molar-refractivity contribution in [2.24, 2.45) is 0 Å². The van der Waals surface area contributed by atoms with Crippen LogP contribution in [-0.4, -0.2) is 39.1 Å². The van der Waals surface area contributed by atoms with Crippen LogP contribution in [0.2, 0.25) is 0 Å². The molecule has 2 heterocycles. The van der Waals surface area contributed by atoms with Crippen LogP contribution < -0.4 is 0 Å². The average molecular weight is 275 g/mol. The Morgan fingerprint density at radius 3 is 2.75 bits per heavy atom.